The molecule has 1 fully saturated rings. The summed E-state index contributed by atoms with van der Waals surface area (Å²) in [4.78, 5) is 31.0. The number of hydrogen-bond acceptors (Lipinski definition) is 3. The molecule has 1 aliphatic heterocycles. The smallest absolute Gasteiger partial charge is 0.249 e. The van der Waals surface area contributed by atoms with Gasteiger partial charge in [-0.2, -0.15) is 0 Å². The van der Waals surface area contributed by atoms with Crippen molar-refractivity contribution in [2.45, 2.75) is 18.9 Å². The summed E-state index contributed by atoms with van der Waals surface area (Å²) < 4.78 is 0. The number of benzene rings is 2. The van der Waals surface area contributed by atoms with Crippen LogP contribution in [0.4, 0.5) is 11.4 Å². The van der Waals surface area contributed by atoms with Crippen LogP contribution in [0, 0.1) is 0 Å². The molecule has 0 radical (unpaired) electrons. The molecule has 2 aromatic carbocycles. The fourth-order valence-corrected chi connectivity index (χ4v) is 3.34. The molecule has 5 nitrogen and oxygen atoms in total. The molecule has 0 N–H and O–H groups in total. The average Bonchev–Trinajstić information content (AvgIpc) is 2.69. The molecule has 26 heavy (non-hydrogen) atoms. The van der Waals surface area contributed by atoms with Gasteiger partial charge in [0.25, 0.3) is 0 Å². The Balaban J connectivity index is 1.67. The zero-order valence-electron chi connectivity index (χ0n) is 15.3. The third kappa shape index (κ3) is 3.87. The second-order valence-electron chi connectivity index (χ2n) is 6.68. The van der Waals surface area contributed by atoms with Crippen LogP contribution in [-0.4, -0.2) is 49.9 Å². The van der Waals surface area contributed by atoms with Gasteiger partial charge < -0.3 is 14.7 Å². The number of para-hydroxylation sites is 2. The number of anilines is 2. The van der Waals surface area contributed by atoms with Crippen LogP contribution in [0.25, 0.3) is 0 Å². The Kier molecular flexibility index (Phi) is 5.56. The quantitative estimate of drug-likeness (QED) is 0.832. The van der Waals surface area contributed by atoms with Crippen molar-refractivity contribution >= 4 is 23.2 Å². The maximum absolute atomic E-state index is 12.9. The van der Waals surface area contributed by atoms with E-state index in [-0.39, 0.29) is 18.4 Å². The first kappa shape index (κ1) is 18.0. The summed E-state index contributed by atoms with van der Waals surface area (Å²) in [6, 6.07) is 19.0. The Hall–Kier alpha value is -2.82. The third-order valence-electron chi connectivity index (χ3n) is 4.91. The highest BCUT2D eigenvalue weighted by Crippen LogP contribution is 2.23. The molecule has 3 rings (SSSR count). The minimum absolute atomic E-state index is 0.000615. The summed E-state index contributed by atoms with van der Waals surface area (Å²) in [5.74, 6) is -0.0507. The van der Waals surface area contributed by atoms with Gasteiger partial charge in [-0.3, -0.25) is 9.59 Å². The number of hydrogen-bond donors (Lipinski definition) is 0. The maximum atomic E-state index is 12.9. The fourth-order valence-electron chi connectivity index (χ4n) is 3.34. The molecule has 0 aromatic heterocycles. The Morgan fingerprint density at radius 2 is 1.65 bits per heavy atom. The number of carbonyl (C=O) groups excluding carboxylic acids is 2. The zero-order chi connectivity index (χ0) is 18.5. The molecular weight excluding hydrogens is 326 g/mol. The molecule has 2 aromatic rings. The van der Waals surface area contributed by atoms with Crippen molar-refractivity contribution in [3.8, 4) is 0 Å². The first-order chi connectivity index (χ1) is 12.6. The van der Waals surface area contributed by atoms with E-state index < -0.39 is 6.04 Å². The van der Waals surface area contributed by atoms with Gasteiger partial charge >= 0.3 is 0 Å². The largest absolute Gasteiger partial charge is 0.365 e. The maximum Gasteiger partial charge on any atom is 0.249 e. The topological polar surface area (TPSA) is 43.9 Å². The van der Waals surface area contributed by atoms with Crippen molar-refractivity contribution in [3.05, 3.63) is 60.7 Å². The van der Waals surface area contributed by atoms with E-state index in [1.54, 1.807) is 16.8 Å². The van der Waals surface area contributed by atoms with E-state index in [1.165, 1.54) is 0 Å². The molecule has 1 heterocycles. The molecular formula is C21H25N3O2. The number of carbonyl (C=O) groups is 2. The van der Waals surface area contributed by atoms with E-state index in [1.807, 2.05) is 72.6 Å². The molecule has 1 unspecified atom stereocenters. The van der Waals surface area contributed by atoms with Crippen LogP contribution in [0.3, 0.4) is 0 Å². The van der Waals surface area contributed by atoms with Crippen LogP contribution in [0.5, 0.6) is 0 Å². The summed E-state index contributed by atoms with van der Waals surface area (Å²) in [5.41, 5.74) is 1.87. The van der Waals surface area contributed by atoms with E-state index in [2.05, 4.69) is 0 Å². The van der Waals surface area contributed by atoms with Crippen LogP contribution in [-0.2, 0) is 9.59 Å². The summed E-state index contributed by atoms with van der Waals surface area (Å²) >= 11 is 0. The number of piperidine rings is 1. The molecule has 0 spiro atoms. The van der Waals surface area contributed by atoms with E-state index in [0.717, 1.165) is 17.8 Å². The van der Waals surface area contributed by atoms with Gasteiger partial charge in [-0.25, -0.2) is 0 Å². The second kappa shape index (κ2) is 8.04. The third-order valence-corrected chi connectivity index (χ3v) is 4.91. The lowest BCUT2D eigenvalue weighted by molar-refractivity contribution is -0.137. The van der Waals surface area contributed by atoms with Crippen LogP contribution in [0.2, 0.25) is 0 Å². The summed E-state index contributed by atoms with van der Waals surface area (Å²) in [6.07, 6.45) is 1.59. The minimum atomic E-state index is -0.402. The van der Waals surface area contributed by atoms with Gasteiger partial charge in [0.1, 0.15) is 6.04 Å². The number of nitrogens with zero attached hydrogens (tertiary/aromatic N) is 3. The Labute approximate surface area is 154 Å². The molecule has 136 valence electrons. The van der Waals surface area contributed by atoms with Crippen molar-refractivity contribution in [1.29, 1.82) is 0 Å². The van der Waals surface area contributed by atoms with Crippen molar-refractivity contribution in [2.75, 3.05) is 37.0 Å². The van der Waals surface area contributed by atoms with Gasteiger partial charge in [-0.15, -0.1) is 0 Å². The average molecular weight is 351 g/mol. The lowest BCUT2D eigenvalue weighted by atomic mass is 10.0. The van der Waals surface area contributed by atoms with Gasteiger partial charge in [-0.05, 0) is 37.1 Å². The summed E-state index contributed by atoms with van der Waals surface area (Å²) in [7, 11) is 3.62. The van der Waals surface area contributed by atoms with Gasteiger partial charge in [0.2, 0.25) is 11.8 Å². The van der Waals surface area contributed by atoms with E-state index >= 15 is 0 Å². The number of amides is 2. The van der Waals surface area contributed by atoms with Crippen molar-refractivity contribution in [2.24, 2.45) is 0 Å². The minimum Gasteiger partial charge on any atom is -0.365 e. The molecule has 0 aliphatic carbocycles. The molecule has 1 aliphatic rings. The van der Waals surface area contributed by atoms with Crippen molar-refractivity contribution in [1.82, 2.24) is 4.90 Å². The van der Waals surface area contributed by atoms with Crippen LogP contribution < -0.4 is 9.80 Å². The van der Waals surface area contributed by atoms with E-state index in [4.69, 9.17) is 0 Å². The monoisotopic (exact) mass is 351 g/mol. The predicted molar refractivity (Wildman–Crippen MR) is 104 cm³/mol. The van der Waals surface area contributed by atoms with Gasteiger partial charge in [0.15, 0.2) is 0 Å². The van der Waals surface area contributed by atoms with Gasteiger partial charge in [0, 0.05) is 32.0 Å². The Bertz CT molecular complexity index is 748. The highest BCUT2D eigenvalue weighted by molar-refractivity contribution is 6.00. The normalized spacial score (nSPS) is 17.1. The number of rotatable bonds is 5. The molecule has 2 amide bonds. The first-order valence-corrected chi connectivity index (χ1v) is 8.96. The SMILES string of the molecule is CN(CC(=O)N(C)C1CCCN(c2ccccc2)C1=O)c1ccccc1. The number of likely N-dealkylation sites (N-methyl/N-ethyl adjacent to an activating group) is 2. The first-order valence-electron chi connectivity index (χ1n) is 8.96. The van der Waals surface area contributed by atoms with E-state index in [9.17, 15) is 9.59 Å². The van der Waals surface area contributed by atoms with Crippen molar-refractivity contribution < 1.29 is 9.59 Å². The highest BCUT2D eigenvalue weighted by Gasteiger charge is 2.34. The van der Waals surface area contributed by atoms with Crippen LogP contribution in [0.1, 0.15) is 12.8 Å². The van der Waals surface area contributed by atoms with Gasteiger partial charge in [-0.1, -0.05) is 36.4 Å². The van der Waals surface area contributed by atoms with Crippen LogP contribution >= 0.6 is 0 Å². The van der Waals surface area contributed by atoms with Crippen LogP contribution in [0.15, 0.2) is 60.7 Å². The van der Waals surface area contributed by atoms with Crippen molar-refractivity contribution in [3.63, 3.8) is 0 Å². The molecule has 0 saturated carbocycles. The standard InChI is InChI=1S/C21H25N3O2/c1-22(17-10-5-3-6-11-17)16-20(25)23(2)19-14-9-15-24(21(19)26)18-12-7-4-8-13-18/h3-8,10-13,19H,9,14-16H2,1-2H3. The zero-order valence-corrected chi connectivity index (χ0v) is 15.3. The molecule has 1 saturated heterocycles. The van der Waals surface area contributed by atoms with Gasteiger partial charge in [0.05, 0.1) is 6.54 Å². The second-order valence-corrected chi connectivity index (χ2v) is 6.68. The fraction of sp³-hybridized carbons (Fsp3) is 0.333. The Morgan fingerprint density at radius 3 is 2.31 bits per heavy atom. The lowest BCUT2D eigenvalue weighted by Crippen LogP contribution is -2.54. The molecule has 1 atom stereocenters. The predicted octanol–water partition coefficient (Wildman–Crippen LogP) is 2.78. The van der Waals surface area contributed by atoms with E-state index in [0.29, 0.717) is 13.0 Å². The highest BCUT2D eigenvalue weighted by atomic mass is 16.2. The summed E-state index contributed by atoms with van der Waals surface area (Å²) in [5, 5.41) is 0. The molecule has 5 heteroatoms. The summed E-state index contributed by atoms with van der Waals surface area (Å²) in [6.45, 7) is 0.945. The molecule has 0 bridgehead atoms. The Morgan fingerprint density at radius 1 is 1.04 bits per heavy atom. The lowest BCUT2D eigenvalue weighted by Gasteiger charge is -2.37.